The number of nitrogens with zero attached hydrogens (tertiary/aromatic N) is 2. The molecule has 0 unspecified atom stereocenters. The number of hydrogen-bond acceptors (Lipinski definition) is 4. The molecule has 0 saturated heterocycles. The van der Waals surface area contributed by atoms with Gasteiger partial charge in [-0.3, -0.25) is 9.59 Å². The molecule has 0 aliphatic carbocycles. The van der Waals surface area contributed by atoms with Gasteiger partial charge in [0.05, 0.1) is 22.8 Å². The number of carbonyl (C=O) groups is 2. The van der Waals surface area contributed by atoms with E-state index in [0.717, 1.165) is 105 Å². The maximum atomic E-state index is 11.7. The predicted octanol–water partition coefficient (Wildman–Crippen LogP) is 15.8. The summed E-state index contributed by atoms with van der Waals surface area (Å²) in [7, 11) is 0. The molecule has 7 rings (SSSR count). The number of unbranched alkanes of at least 4 members (excludes halogenated alkanes) is 16. The van der Waals surface area contributed by atoms with Gasteiger partial charge in [0.2, 0.25) is 0 Å². The summed E-state index contributed by atoms with van der Waals surface area (Å²) in [5.41, 5.74) is 15.5. The second-order valence-corrected chi connectivity index (χ2v) is 17.3. The van der Waals surface area contributed by atoms with E-state index in [1.165, 1.54) is 114 Å². The number of fused-ring (bicyclic) bond motifs is 8. The molecule has 6 nitrogen and oxygen atoms in total. The Bertz CT molecular complexity index is 2480. The molecule has 0 fully saturated rings. The van der Waals surface area contributed by atoms with Crippen LogP contribution in [-0.4, -0.2) is 32.5 Å². The van der Waals surface area contributed by atoms with Crippen LogP contribution in [0.2, 0.25) is 0 Å². The smallest absolute Gasteiger partial charge is 0.150 e. The van der Waals surface area contributed by atoms with Gasteiger partial charge in [0.15, 0.2) is 0 Å². The lowest BCUT2D eigenvalue weighted by atomic mass is 10.0. The normalized spacial score (nSPS) is 12.0. The molecule has 0 amide bonds. The van der Waals surface area contributed by atoms with Crippen molar-refractivity contribution in [2.45, 2.75) is 142 Å². The highest BCUT2D eigenvalue weighted by Crippen LogP contribution is 2.35. The number of rotatable bonds is 24. The van der Waals surface area contributed by atoms with Gasteiger partial charge in [0, 0.05) is 55.4 Å². The molecular weight excluding hydrogens is 761 g/mol. The van der Waals surface area contributed by atoms with E-state index in [-0.39, 0.29) is 0 Å². The molecule has 62 heavy (non-hydrogen) atoms. The fourth-order valence-electron chi connectivity index (χ4n) is 9.14. The molecule has 2 aliphatic heterocycles. The topological polar surface area (TPSA) is 91.5 Å². The van der Waals surface area contributed by atoms with Crippen LogP contribution in [0.5, 0.6) is 0 Å². The number of carbonyl (C=O) groups excluding carboxylic acids is 2. The van der Waals surface area contributed by atoms with Crippen molar-refractivity contribution in [2.24, 2.45) is 0 Å². The molecule has 2 aliphatic rings. The summed E-state index contributed by atoms with van der Waals surface area (Å²) >= 11 is 0. The van der Waals surface area contributed by atoms with Gasteiger partial charge < -0.3 is 9.97 Å². The lowest BCUT2D eigenvalue weighted by Gasteiger charge is -2.07. The number of nitrogens with one attached hydrogen (secondary N) is 2. The summed E-state index contributed by atoms with van der Waals surface area (Å²) in [5, 5.41) is 0. The monoisotopic (exact) mass is 827 g/mol. The Labute approximate surface area is 369 Å². The summed E-state index contributed by atoms with van der Waals surface area (Å²) < 4.78 is 0. The lowest BCUT2D eigenvalue weighted by Crippen LogP contribution is -1.96. The van der Waals surface area contributed by atoms with Crippen LogP contribution in [0.3, 0.4) is 0 Å². The first-order chi connectivity index (χ1) is 30.6. The average Bonchev–Trinajstić information content (AvgIpc) is 4.16. The Morgan fingerprint density at radius 2 is 0.742 bits per heavy atom. The number of aryl methyl sites for hydroxylation is 1. The van der Waals surface area contributed by atoms with Crippen molar-refractivity contribution in [3.05, 3.63) is 118 Å². The third kappa shape index (κ3) is 11.4. The molecule has 0 spiro atoms. The predicted molar refractivity (Wildman–Crippen MR) is 262 cm³/mol. The van der Waals surface area contributed by atoms with Gasteiger partial charge in [-0.25, -0.2) is 9.97 Å². The zero-order valence-electron chi connectivity index (χ0n) is 37.2. The first kappa shape index (κ1) is 44.4. The molecule has 2 N–H and O–H groups in total. The van der Waals surface area contributed by atoms with Crippen molar-refractivity contribution >= 4 is 58.9 Å². The first-order valence-corrected chi connectivity index (χ1v) is 23.8. The molecule has 5 aromatic rings. The largest absolute Gasteiger partial charge is 0.355 e. The lowest BCUT2D eigenvalue weighted by molar-refractivity contribution is 0.111. The van der Waals surface area contributed by atoms with Crippen molar-refractivity contribution in [2.75, 3.05) is 0 Å². The van der Waals surface area contributed by atoms with Crippen LogP contribution >= 0.6 is 0 Å². The highest BCUT2D eigenvalue weighted by Gasteiger charge is 2.18. The third-order valence-corrected chi connectivity index (χ3v) is 12.7. The number of hydrogen-bond donors (Lipinski definition) is 2. The second kappa shape index (κ2) is 23.0. The number of benzene rings is 2. The molecule has 2 aromatic carbocycles. The number of H-pyrrole nitrogens is 2. The van der Waals surface area contributed by atoms with Crippen molar-refractivity contribution in [1.82, 2.24) is 19.9 Å². The maximum absolute atomic E-state index is 11.7. The maximum Gasteiger partial charge on any atom is 0.150 e. The molecular formula is C56H66N4O2. The van der Waals surface area contributed by atoms with Gasteiger partial charge in [-0.15, -0.1) is 0 Å². The first-order valence-electron chi connectivity index (χ1n) is 23.8. The summed E-state index contributed by atoms with van der Waals surface area (Å²) in [6.45, 7) is 4.56. The van der Waals surface area contributed by atoms with Gasteiger partial charge in [-0.2, -0.15) is 0 Å². The molecule has 0 saturated carbocycles. The van der Waals surface area contributed by atoms with Crippen LogP contribution in [0.1, 0.15) is 184 Å². The quantitative estimate of drug-likeness (QED) is 0.0469. The van der Waals surface area contributed by atoms with E-state index in [1.807, 2.05) is 48.5 Å². The van der Waals surface area contributed by atoms with E-state index in [1.54, 1.807) is 0 Å². The van der Waals surface area contributed by atoms with E-state index in [9.17, 15) is 9.59 Å². The highest BCUT2D eigenvalue weighted by atomic mass is 16.1. The standard InChI is InChI=1S/C56H66N4O2/c1-3-5-7-9-11-13-15-17-19-21-45-47-31-32-48(57-47)46(22-20-18-16-14-12-10-8-6-4-2)50-34-36-52(59-50)56(44-29-25-42(40-62)26-30-44)54-38-37-53(60-54)55(51-35-33-49(45)58-51)43-27-23-41(39-61)24-28-43/h23-40,58,60H,3-22H2,1-2H3. The molecule has 5 heterocycles. The van der Waals surface area contributed by atoms with Crippen molar-refractivity contribution in [1.29, 1.82) is 0 Å². The SMILES string of the molecule is CCCCCCCCCCCc1c2nc(c(CCCCCCCCCCC)c3ccc([nH]3)c(-c3ccc(C=O)cc3)c3ccc([nH]3)c(-c3ccc(C=O)cc3)c3nc1C=C3)C=C2. The number of aromatic nitrogens is 4. The zero-order valence-corrected chi connectivity index (χ0v) is 37.2. The Morgan fingerprint density at radius 3 is 1.23 bits per heavy atom. The Hall–Kier alpha value is -5.62. The van der Waals surface area contributed by atoms with Gasteiger partial charge >= 0.3 is 0 Å². The van der Waals surface area contributed by atoms with Crippen LogP contribution in [0, 0.1) is 0 Å². The molecule has 8 bridgehead atoms. The van der Waals surface area contributed by atoms with E-state index >= 15 is 0 Å². The molecule has 3 aromatic heterocycles. The van der Waals surface area contributed by atoms with Crippen molar-refractivity contribution in [3.63, 3.8) is 0 Å². The summed E-state index contributed by atoms with van der Waals surface area (Å²) in [6, 6.07) is 24.2. The Kier molecular flexibility index (Phi) is 16.5. The Morgan fingerprint density at radius 1 is 0.387 bits per heavy atom. The number of aromatic amines is 2. The fraction of sp³-hybridized carbons (Fsp3) is 0.393. The minimum absolute atomic E-state index is 0.631. The van der Waals surface area contributed by atoms with Gasteiger partial charge in [-0.1, -0.05) is 165 Å². The minimum Gasteiger partial charge on any atom is -0.355 e. The molecule has 322 valence electrons. The number of aldehydes is 2. The third-order valence-electron chi connectivity index (χ3n) is 12.7. The van der Waals surface area contributed by atoms with Crippen molar-refractivity contribution in [3.8, 4) is 22.3 Å². The van der Waals surface area contributed by atoms with Crippen LogP contribution in [0.15, 0.2) is 72.8 Å². The van der Waals surface area contributed by atoms with E-state index in [2.05, 4.69) is 72.4 Å². The fourth-order valence-corrected chi connectivity index (χ4v) is 9.14. The highest BCUT2D eigenvalue weighted by molar-refractivity contribution is 5.97. The molecule has 0 radical (unpaired) electrons. The van der Waals surface area contributed by atoms with Crippen LogP contribution in [0.4, 0.5) is 0 Å². The molecule has 6 heteroatoms. The van der Waals surface area contributed by atoms with Crippen LogP contribution in [-0.2, 0) is 12.8 Å². The zero-order chi connectivity index (χ0) is 42.9. The summed E-state index contributed by atoms with van der Waals surface area (Å²) in [5.74, 6) is 0. The van der Waals surface area contributed by atoms with Crippen LogP contribution < -0.4 is 0 Å². The van der Waals surface area contributed by atoms with Gasteiger partial charge in [-0.05, 0) is 85.4 Å². The average molecular weight is 827 g/mol. The van der Waals surface area contributed by atoms with E-state index in [0.29, 0.717) is 11.1 Å². The second-order valence-electron chi connectivity index (χ2n) is 17.3. The van der Waals surface area contributed by atoms with Crippen molar-refractivity contribution < 1.29 is 9.59 Å². The van der Waals surface area contributed by atoms with Gasteiger partial charge in [0.1, 0.15) is 12.6 Å². The summed E-state index contributed by atoms with van der Waals surface area (Å²) in [6.07, 6.45) is 35.4. The summed E-state index contributed by atoms with van der Waals surface area (Å²) in [4.78, 5) is 42.0. The van der Waals surface area contributed by atoms with Gasteiger partial charge in [0.25, 0.3) is 0 Å². The van der Waals surface area contributed by atoms with E-state index in [4.69, 9.17) is 9.97 Å². The van der Waals surface area contributed by atoms with Crippen LogP contribution in [0.25, 0.3) is 68.6 Å². The minimum atomic E-state index is 0.631. The Balaban J connectivity index is 1.36. The molecule has 0 atom stereocenters. The van der Waals surface area contributed by atoms with E-state index < -0.39 is 0 Å².